The molecule has 0 aliphatic heterocycles. The number of benzene rings is 1. The van der Waals surface area contributed by atoms with E-state index in [1.165, 1.54) is 18.2 Å². The van der Waals surface area contributed by atoms with Crippen molar-refractivity contribution in [1.29, 1.82) is 0 Å². The summed E-state index contributed by atoms with van der Waals surface area (Å²) < 4.78 is 41.2. The lowest BCUT2D eigenvalue weighted by Crippen LogP contribution is -2.17. The van der Waals surface area contributed by atoms with Gasteiger partial charge in [0.2, 0.25) is 0 Å². The number of pyridine rings is 1. The lowest BCUT2D eigenvalue weighted by atomic mass is 10.2. The van der Waals surface area contributed by atoms with Gasteiger partial charge in [-0.3, -0.25) is 0 Å². The van der Waals surface area contributed by atoms with Gasteiger partial charge in [-0.25, -0.2) is 4.98 Å². The van der Waals surface area contributed by atoms with Crippen molar-refractivity contribution in [2.24, 2.45) is 0 Å². The molecule has 21 heavy (non-hydrogen) atoms. The van der Waals surface area contributed by atoms with E-state index in [9.17, 15) is 13.2 Å². The van der Waals surface area contributed by atoms with Gasteiger partial charge in [-0.15, -0.1) is 13.2 Å². The SMILES string of the molecule is Cc1nc(NCc2cccc(OC(F)(F)F)c2)ccc1Br. The molecule has 0 saturated heterocycles. The number of anilines is 1. The Morgan fingerprint density at radius 1 is 1.24 bits per heavy atom. The highest BCUT2D eigenvalue weighted by Gasteiger charge is 2.31. The number of hydrogen-bond donors (Lipinski definition) is 1. The van der Waals surface area contributed by atoms with Crippen LogP contribution in [0.3, 0.4) is 0 Å². The zero-order valence-corrected chi connectivity index (χ0v) is 12.6. The summed E-state index contributed by atoms with van der Waals surface area (Å²) in [7, 11) is 0. The van der Waals surface area contributed by atoms with Gasteiger partial charge in [0.05, 0.1) is 5.69 Å². The predicted molar refractivity (Wildman–Crippen MR) is 77.1 cm³/mol. The summed E-state index contributed by atoms with van der Waals surface area (Å²) in [6, 6.07) is 9.46. The highest BCUT2D eigenvalue weighted by molar-refractivity contribution is 9.10. The number of aromatic nitrogens is 1. The van der Waals surface area contributed by atoms with Crippen LogP contribution in [-0.2, 0) is 6.54 Å². The fourth-order valence-electron chi connectivity index (χ4n) is 1.69. The number of nitrogens with zero attached hydrogens (tertiary/aromatic N) is 1. The van der Waals surface area contributed by atoms with Gasteiger partial charge in [-0.05, 0) is 52.7 Å². The lowest BCUT2D eigenvalue weighted by Gasteiger charge is -2.11. The van der Waals surface area contributed by atoms with Crippen LogP contribution in [0.1, 0.15) is 11.3 Å². The Balaban J connectivity index is 2.03. The van der Waals surface area contributed by atoms with Gasteiger partial charge >= 0.3 is 6.36 Å². The lowest BCUT2D eigenvalue weighted by molar-refractivity contribution is -0.274. The Bertz CT molecular complexity index is 632. The third-order valence-corrected chi connectivity index (χ3v) is 3.47. The van der Waals surface area contributed by atoms with Crippen molar-refractivity contribution in [1.82, 2.24) is 4.98 Å². The minimum absolute atomic E-state index is 0.234. The van der Waals surface area contributed by atoms with Gasteiger partial charge in [0.1, 0.15) is 11.6 Å². The smallest absolute Gasteiger partial charge is 0.406 e. The third-order valence-electron chi connectivity index (χ3n) is 2.63. The average molecular weight is 361 g/mol. The van der Waals surface area contributed by atoms with Crippen molar-refractivity contribution >= 4 is 21.7 Å². The first kappa shape index (κ1) is 15.6. The van der Waals surface area contributed by atoms with Crippen LogP contribution in [0, 0.1) is 6.92 Å². The molecule has 3 nitrogen and oxygen atoms in total. The summed E-state index contributed by atoms with van der Waals surface area (Å²) in [5.74, 6) is 0.416. The first-order valence-electron chi connectivity index (χ1n) is 6.05. The zero-order valence-electron chi connectivity index (χ0n) is 11.0. The number of alkyl halides is 3. The van der Waals surface area contributed by atoms with Crippen LogP contribution in [0.2, 0.25) is 0 Å². The van der Waals surface area contributed by atoms with Crippen molar-refractivity contribution in [2.75, 3.05) is 5.32 Å². The fourth-order valence-corrected chi connectivity index (χ4v) is 1.91. The highest BCUT2D eigenvalue weighted by atomic mass is 79.9. The topological polar surface area (TPSA) is 34.2 Å². The van der Waals surface area contributed by atoms with E-state index in [1.54, 1.807) is 12.1 Å². The van der Waals surface area contributed by atoms with Crippen LogP contribution >= 0.6 is 15.9 Å². The van der Waals surface area contributed by atoms with Gasteiger partial charge in [0, 0.05) is 11.0 Å². The molecule has 7 heteroatoms. The van der Waals surface area contributed by atoms with E-state index in [1.807, 2.05) is 13.0 Å². The molecule has 0 unspecified atom stereocenters. The first-order chi connectivity index (χ1) is 9.83. The molecule has 0 bridgehead atoms. The molecule has 0 spiro atoms. The van der Waals surface area contributed by atoms with Crippen molar-refractivity contribution in [3.05, 3.63) is 52.1 Å². The Labute approximate surface area is 128 Å². The molecular weight excluding hydrogens is 349 g/mol. The van der Waals surface area contributed by atoms with Crippen molar-refractivity contribution in [3.63, 3.8) is 0 Å². The number of rotatable bonds is 4. The van der Waals surface area contributed by atoms with E-state index in [4.69, 9.17) is 0 Å². The largest absolute Gasteiger partial charge is 0.573 e. The predicted octanol–water partition coefficient (Wildman–Crippen LogP) is 4.66. The summed E-state index contributed by atoms with van der Waals surface area (Å²) in [4.78, 5) is 4.30. The molecule has 1 aromatic carbocycles. The molecule has 2 rings (SSSR count). The first-order valence-corrected chi connectivity index (χ1v) is 6.84. The van der Waals surface area contributed by atoms with Crippen LogP contribution in [-0.4, -0.2) is 11.3 Å². The Kier molecular flexibility index (Phi) is 4.72. The second-order valence-electron chi connectivity index (χ2n) is 4.31. The van der Waals surface area contributed by atoms with E-state index in [0.29, 0.717) is 17.9 Å². The quantitative estimate of drug-likeness (QED) is 0.860. The van der Waals surface area contributed by atoms with Crippen LogP contribution < -0.4 is 10.1 Å². The minimum Gasteiger partial charge on any atom is -0.406 e. The van der Waals surface area contributed by atoms with Crippen molar-refractivity contribution in [3.8, 4) is 5.75 Å². The van der Waals surface area contributed by atoms with E-state index < -0.39 is 6.36 Å². The standard InChI is InChI=1S/C14H12BrF3N2O/c1-9-12(15)5-6-13(20-9)19-8-10-3-2-4-11(7-10)21-14(16,17)18/h2-7H,8H2,1H3,(H,19,20). The molecular formula is C14H12BrF3N2O. The summed E-state index contributed by atoms with van der Waals surface area (Å²) in [5, 5.41) is 3.05. The molecule has 0 aliphatic rings. The number of hydrogen-bond acceptors (Lipinski definition) is 3. The van der Waals surface area contributed by atoms with E-state index in [2.05, 4.69) is 31.0 Å². The number of ether oxygens (including phenoxy) is 1. The van der Waals surface area contributed by atoms with Crippen molar-refractivity contribution in [2.45, 2.75) is 19.8 Å². The molecule has 0 radical (unpaired) electrons. The minimum atomic E-state index is -4.68. The molecule has 0 fully saturated rings. The Hall–Kier alpha value is -1.76. The van der Waals surface area contributed by atoms with Gasteiger partial charge in [-0.2, -0.15) is 0 Å². The van der Waals surface area contributed by atoms with Crippen LogP contribution in [0.5, 0.6) is 5.75 Å². The molecule has 112 valence electrons. The number of nitrogens with one attached hydrogen (secondary N) is 1. The monoisotopic (exact) mass is 360 g/mol. The number of aryl methyl sites for hydroxylation is 1. The van der Waals surface area contributed by atoms with Crippen LogP contribution in [0.25, 0.3) is 0 Å². The molecule has 0 saturated carbocycles. The fraction of sp³-hybridized carbons (Fsp3) is 0.214. The molecule has 1 N–H and O–H groups in total. The van der Waals surface area contributed by atoms with Crippen LogP contribution in [0.4, 0.5) is 19.0 Å². The molecule has 2 aromatic rings. The van der Waals surface area contributed by atoms with Gasteiger partial charge < -0.3 is 10.1 Å². The zero-order chi connectivity index (χ0) is 15.5. The number of halogens is 4. The second-order valence-corrected chi connectivity index (χ2v) is 5.17. The Morgan fingerprint density at radius 2 is 2.00 bits per heavy atom. The Morgan fingerprint density at radius 3 is 2.67 bits per heavy atom. The highest BCUT2D eigenvalue weighted by Crippen LogP contribution is 2.23. The molecule has 0 atom stereocenters. The summed E-state index contributed by atoms with van der Waals surface area (Å²) >= 11 is 3.35. The molecule has 0 amide bonds. The normalized spacial score (nSPS) is 11.3. The molecule has 0 aliphatic carbocycles. The van der Waals surface area contributed by atoms with Crippen LogP contribution in [0.15, 0.2) is 40.9 Å². The van der Waals surface area contributed by atoms with E-state index in [-0.39, 0.29) is 5.75 Å². The summed E-state index contributed by atoms with van der Waals surface area (Å²) in [6.07, 6.45) is -4.68. The third kappa shape index (κ3) is 4.93. The summed E-state index contributed by atoms with van der Waals surface area (Å²) in [5.41, 5.74) is 1.49. The molecule has 1 heterocycles. The van der Waals surface area contributed by atoms with Crippen molar-refractivity contribution < 1.29 is 17.9 Å². The van der Waals surface area contributed by atoms with Gasteiger partial charge in [0.15, 0.2) is 0 Å². The maximum Gasteiger partial charge on any atom is 0.573 e. The summed E-state index contributed by atoms with van der Waals surface area (Å²) in [6.45, 7) is 2.20. The maximum absolute atomic E-state index is 12.2. The molecule has 1 aromatic heterocycles. The van der Waals surface area contributed by atoms with Gasteiger partial charge in [-0.1, -0.05) is 12.1 Å². The maximum atomic E-state index is 12.2. The second kappa shape index (κ2) is 6.34. The van der Waals surface area contributed by atoms with E-state index >= 15 is 0 Å². The van der Waals surface area contributed by atoms with E-state index in [0.717, 1.165) is 10.2 Å². The average Bonchev–Trinajstić information content (AvgIpc) is 2.39. The van der Waals surface area contributed by atoms with Gasteiger partial charge in [0.25, 0.3) is 0 Å².